The summed E-state index contributed by atoms with van der Waals surface area (Å²) in [4.78, 5) is 37.8. The molecule has 2 amide bonds. The van der Waals surface area contributed by atoms with E-state index in [1.165, 1.54) is 0 Å². The zero-order chi connectivity index (χ0) is 28.1. The predicted octanol–water partition coefficient (Wildman–Crippen LogP) is 5.63. The molecule has 212 valence electrons. The van der Waals surface area contributed by atoms with Crippen LogP contribution in [0.5, 0.6) is 5.75 Å². The maximum Gasteiger partial charge on any atom is 0.344 e. The summed E-state index contributed by atoms with van der Waals surface area (Å²) in [7, 11) is 0. The molecule has 2 aromatic rings. The molecule has 0 saturated heterocycles. The third-order valence-corrected chi connectivity index (χ3v) is 10.8. The molecule has 0 spiro atoms. The van der Waals surface area contributed by atoms with Crippen molar-refractivity contribution in [1.82, 2.24) is 5.32 Å². The molecule has 7 heteroatoms. The maximum absolute atomic E-state index is 13.9. The van der Waals surface area contributed by atoms with E-state index in [-0.39, 0.29) is 41.2 Å². The number of rotatable bonds is 6. The molecule has 3 aliphatic carbocycles. The van der Waals surface area contributed by atoms with Crippen LogP contribution >= 0.6 is 0 Å². The standard InChI is InChI=1S/C33H40N2O5/c1-4-39-30(37)19-40-27-10-6-7-20-21(27)8-5-9-26(20)34-31(38)25-13-12-23-22-11-14-28-33(3,18-16-29(36)35-28)24(22)15-17-32(23,25)2/h5-10,16,18,22-25,28H,4,11-15,17,19H2,1-3H3,(H,34,38)(H,35,36)/t22-,23-,24-,25+,28+,32-,33+/m0/s1. The monoisotopic (exact) mass is 544 g/mol. The lowest BCUT2D eigenvalue weighted by Gasteiger charge is -2.58. The smallest absolute Gasteiger partial charge is 0.344 e. The fourth-order valence-electron chi connectivity index (χ4n) is 8.84. The Morgan fingerprint density at radius 2 is 1.80 bits per heavy atom. The average Bonchev–Trinajstić information content (AvgIpc) is 3.30. The van der Waals surface area contributed by atoms with E-state index in [0.29, 0.717) is 30.1 Å². The van der Waals surface area contributed by atoms with Crippen molar-refractivity contribution in [2.24, 2.45) is 34.5 Å². The van der Waals surface area contributed by atoms with Gasteiger partial charge in [0.15, 0.2) is 6.61 Å². The summed E-state index contributed by atoms with van der Waals surface area (Å²) in [5.74, 6) is 1.90. The van der Waals surface area contributed by atoms with Gasteiger partial charge in [-0.05, 0) is 86.8 Å². The van der Waals surface area contributed by atoms with Crippen LogP contribution in [0.4, 0.5) is 5.69 Å². The normalized spacial score (nSPS) is 34.3. The Bertz CT molecular complexity index is 1370. The van der Waals surface area contributed by atoms with Gasteiger partial charge in [0.2, 0.25) is 11.8 Å². The molecular formula is C33H40N2O5. The number of fused-ring (bicyclic) bond motifs is 6. The van der Waals surface area contributed by atoms with Gasteiger partial charge in [-0.15, -0.1) is 0 Å². The molecule has 1 aliphatic heterocycles. The minimum absolute atomic E-state index is 0.00544. The second kappa shape index (κ2) is 10.2. The fraction of sp³-hybridized carbons (Fsp3) is 0.545. The lowest BCUT2D eigenvalue weighted by molar-refractivity contribution is -0.145. The van der Waals surface area contributed by atoms with Gasteiger partial charge in [-0.1, -0.05) is 44.2 Å². The molecule has 6 rings (SSSR count). The van der Waals surface area contributed by atoms with E-state index in [1.807, 2.05) is 36.4 Å². The van der Waals surface area contributed by atoms with Crippen molar-refractivity contribution in [2.45, 2.75) is 65.3 Å². The number of benzene rings is 2. The van der Waals surface area contributed by atoms with Crippen LogP contribution in [0.15, 0.2) is 48.6 Å². The number of hydrogen-bond donors (Lipinski definition) is 2. The number of esters is 1. The molecule has 0 radical (unpaired) electrons. The van der Waals surface area contributed by atoms with Gasteiger partial charge in [0.1, 0.15) is 5.75 Å². The van der Waals surface area contributed by atoms with Crippen LogP contribution in [-0.4, -0.2) is 37.0 Å². The molecule has 0 aromatic heterocycles. The predicted molar refractivity (Wildman–Crippen MR) is 154 cm³/mol. The fourth-order valence-corrected chi connectivity index (χ4v) is 8.84. The van der Waals surface area contributed by atoms with Gasteiger partial charge in [0, 0.05) is 33.8 Å². The third kappa shape index (κ3) is 4.38. The average molecular weight is 545 g/mol. The van der Waals surface area contributed by atoms with E-state index in [9.17, 15) is 14.4 Å². The molecule has 7 atom stereocenters. The van der Waals surface area contributed by atoms with E-state index < -0.39 is 5.97 Å². The number of carbonyl (C=O) groups excluding carboxylic acids is 3. The highest BCUT2D eigenvalue weighted by Crippen LogP contribution is 2.65. The molecule has 0 unspecified atom stereocenters. The highest BCUT2D eigenvalue weighted by molar-refractivity contribution is 6.05. The van der Waals surface area contributed by atoms with Crippen LogP contribution in [-0.2, 0) is 19.1 Å². The molecule has 1 heterocycles. The highest BCUT2D eigenvalue weighted by atomic mass is 16.6. The van der Waals surface area contributed by atoms with E-state index in [2.05, 4.69) is 30.6 Å². The van der Waals surface area contributed by atoms with Gasteiger partial charge in [-0.3, -0.25) is 9.59 Å². The Balaban J connectivity index is 1.20. The highest BCUT2D eigenvalue weighted by Gasteiger charge is 2.60. The first-order valence-electron chi connectivity index (χ1n) is 14.9. The number of nitrogens with one attached hydrogen (secondary N) is 2. The van der Waals surface area contributed by atoms with Crippen LogP contribution in [0.25, 0.3) is 10.8 Å². The van der Waals surface area contributed by atoms with E-state index in [1.54, 1.807) is 13.0 Å². The van der Waals surface area contributed by atoms with Crippen LogP contribution in [0.3, 0.4) is 0 Å². The Morgan fingerprint density at radius 1 is 1.00 bits per heavy atom. The largest absolute Gasteiger partial charge is 0.481 e. The topological polar surface area (TPSA) is 93.7 Å². The van der Waals surface area contributed by atoms with Gasteiger partial charge in [-0.25, -0.2) is 4.79 Å². The molecule has 0 bridgehead atoms. The summed E-state index contributed by atoms with van der Waals surface area (Å²) in [5, 5.41) is 8.25. The second-order valence-corrected chi connectivity index (χ2v) is 12.6. The van der Waals surface area contributed by atoms with Crippen LogP contribution in [0, 0.1) is 34.5 Å². The van der Waals surface area contributed by atoms with Crippen molar-refractivity contribution < 1.29 is 23.9 Å². The summed E-state index contributed by atoms with van der Waals surface area (Å²) in [6, 6.07) is 11.7. The zero-order valence-corrected chi connectivity index (χ0v) is 23.7. The van der Waals surface area contributed by atoms with Gasteiger partial charge in [-0.2, -0.15) is 0 Å². The maximum atomic E-state index is 13.9. The van der Waals surface area contributed by atoms with E-state index in [4.69, 9.17) is 9.47 Å². The van der Waals surface area contributed by atoms with Gasteiger partial charge in [0.05, 0.1) is 6.61 Å². The minimum atomic E-state index is -0.408. The summed E-state index contributed by atoms with van der Waals surface area (Å²) < 4.78 is 10.8. The molecule has 3 fully saturated rings. The van der Waals surface area contributed by atoms with Crippen molar-refractivity contribution in [3.63, 3.8) is 0 Å². The summed E-state index contributed by atoms with van der Waals surface area (Å²) in [5.41, 5.74) is 0.726. The summed E-state index contributed by atoms with van der Waals surface area (Å²) in [6.45, 7) is 6.60. The molecular weight excluding hydrogens is 504 g/mol. The van der Waals surface area contributed by atoms with Crippen molar-refractivity contribution in [1.29, 1.82) is 0 Å². The molecule has 2 aromatic carbocycles. The Labute approximate surface area is 236 Å². The van der Waals surface area contributed by atoms with Gasteiger partial charge in [0.25, 0.3) is 0 Å². The summed E-state index contributed by atoms with van der Waals surface area (Å²) >= 11 is 0. The Morgan fingerprint density at radius 3 is 2.62 bits per heavy atom. The van der Waals surface area contributed by atoms with Gasteiger partial charge >= 0.3 is 5.97 Å². The number of ether oxygens (including phenoxy) is 2. The molecule has 3 saturated carbocycles. The van der Waals surface area contributed by atoms with Crippen molar-refractivity contribution in [2.75, 3.05) is 18.5 Å². The van der Waals surface area contributed by atoms with E-state index in [0.717, 1.165) is 55.0 Å². The van der Waals surface area contributed by atoms with Crippen LogP contribution in [0.1, 0.15) is 59.3 Å². The van der Waals surface area contributed by atoms with Crippen molar-refractivity contribution >= 4 is 34.2 Å². The first kappa shape index (κ1) is 26.9. The lowest BCUT2D eigenvalue weighted by atomic mass is 9.48. The molecule has 4 aliphatic rings. The van der Waals surface area contributed by atoms with E-state index >= 15 is 0 Å². The first-order chi connectivity index (χ1) is 19.2. The quantitative estimate of drug-likeness (QED) is 0.460. The lowest BCUT2D eigenvalue weighted by Crippen LogP contribution is -2.59. The van der Waals surface area contributed by atoms with Crippen LogP contribution < -0.4 is 15.4 Å². The number of hydrogen-bond acceptors (Lipinski definition) is 5. The SMILES string of the molecule is CCOC(=O)COc1cccc2c(NC(=O)[C@H]3CC[C@H]4[C@@H]5CC[C@H]6NC(=O)C=C[C@]6(C)[C@H]5CC[C@]34C)cccc12. The first-order valence-corrected chi connectivity index (χ1v) is 14.9. The molecule has 7 nitrogen and oxygen atoms in total. The van der Waals surface area contributed by atoms with Crippen LogP contribution in [0.2, 0.25) is 0 Å². The zero-order valence-electron chi connectivity index (χ0n) is 23.7. The third-order valence-electron chi connectivity index (χ3n) is 10.8. The minimum Gasteiger partial charge on any atom is -0.481 e. The number of amides is 2. The molecule has 40 heavy (non-hydrogen) atoms. The van der Waals surface area contributed by atoms with Crippen molar-refractivity contribution in [3.8, 4) is 5.75 Å². The van der Waals surface area contributed by atoms with Crippen molar-refractivity contribution in [3.05, 3.63) is 48.6 Å². The Hall–Kier alpha value is -3.35. The Kier molecular flexibility index (Phi) is 6.87. The number of carbonyl (C=O) groups is 3. The molecule has 2 N–H and O–H groups in total. The second-order valence-electron chi connectivity index (χ2n) is 12.6. The number of anilines is 1. The van der Waals surface area contributed by atoms with Gasteiger partial charge < -0.3 is 20.1 Å². The summed E-state index contributed by atoms with van der Waals surface area (Å²) in [6.07, 6.45) is 10.1.